The van der Waals surface area contributed by atoms with E-state index < -0.39 is 5.97 Å². The van der Waals surface area contributed by atoms with E-state index in [1.165, 1.54) is 0 Å². The van der Waals surface area contributed by atoms with Gasteiger partial charge in [0.1, 0.15) is 0 Å². The van der Waals surface area contributed by atoms with Crippen molar-refractivity contribution in [2.24, 2.45) is 0 Å². The van der Waals surface area contributed by atoms with Crippen molar-refractivity contribution in [3.63, 3.8) is 0 Å². The Hall–Kier alpha value is -1.95. The fourth-order valence-corrected chi connectivity index (χ4v) is 1.00. The van der Waals surface area contributed by atoms with Crippen LogP contribution < -0.4 is 5.73 Å². The molecule has 0 bridgehead atoms. The van der Waals surface area contributed by atoms with Crippen LogP contribution in [-0.4, -0.2) is 11.1 Å². The second-order valence-corrected chi connectivity index (χ2v) is 3.22. The van der Waals surface area contributed by atoms with Gasteiger partial charge in [-0.15, -0.1) is 12.3 Å². The van der Waals surface area contributed by atoms with Gasteiger partial charge < -0.3 is 10.8 Å². The van der Waals surface area contributed by atoms with E-state index in [-0.39, 0.29) is 6.42 Å². The highest BCUT2D eigenvalue weighted by Crippen LogP contribution is 2.10. The van der Waals surface area contributed by atoms with E-state index in [1.807, 2.05) is 0 Å². The monoisotopic (exact) mass is 219 g/mol. The molecule has 1 aromatic rings. The highest BCUT2D eigenvalue weighted by Gasteiger charge is 2.01. The Bertz CT molecular complexity index is 366. The van der Waals surface area contributed by atoms with Crippen molar-refractivity contribution in [3.05, 3.63) is 29.8 Å². The van der Waals surface area contributed by atoms with Crippen LogP contribution in [0.25, 0.3) is 0 Å². The maximum absolute atomic E-state index is 10.3. The molecule has 3 heteroatoms. The van der Waals surface area contributed by atoms with E-state index >= 15 is 0 Å². The van der Waals surface area contributed by atoms with E-state index in [0.717, 1.165) is 12.8 Å². The summed E-state index contributed by atoms with van der Waals surface area (Å²) in [4.78, 5) is 10.3. The first-order valence-corrected chi connectivity index (χ1v) is 5.10. The summed E-state index contributed by atoms with van der Waals surface area (Å²) < 4.78 is 0. The third-order valence-electron chi connectivity index (χ3n) is 1.79. The number of hydrogen-bond donors (Lipinski definition) is 2. The van der Waals surface area contributed by atoms with E-state index in [1.54, 1.807) is 24.3 Å². The first-order chi connectivity index (χ1) is 7.61. The number of terminal acetylenes is 1. The van der Waals surface area contributed by atoms with Gasteiger partial charge in [0.15, 0.2) is 0 Å². The molecule has 0 radical (unpaired) electrons. The van der Waals surface area contributed by atoms with Crippen LogP contribution in [0.15, 0.2) is 24.3 Å². The number of hydrogen-bond acceptors (Lipinski definition) is 2. The lowest BCUT2D eigenvalue weighted by Crippen LogP contribution is -2.02. The van der Waals surface area contributed by atoms with Crippen LogP contribution >= 0.6 is 0 Å². The quantitative estimate of drug-likeness (QED) is 0.605. The standard InChI is InChI=1S/C8H9NO2.C5H8/c9-7-4-2-1-3-6(7)5-8(10)11;1-3-5-4-2/h1-4H,5,9H2,(H,10,11);1H,4-5H2,2H3. The maximum Gasteiger partial charge on any atom is 0.307 e. The fourth-order valence-electron chi connectivity index (χ4n) is 1.00. The molecule has 0 amide bonds. The van der Waals surface area contributed by atoms with Gasteiger partial charge in [-0.05, 0) is 18.1 Å². The highest BCUT2D eigenvalue weighted by molar-refractivity contribution is 5.72. The smallest absolute Gasteiger partial charge is 0.307 e. The van der Waals surface area contributed by atoms with Crippen molar-refractivity contribution in [1.82, 2.24) is 0 Å². The molecule has 0 aliphatic heterocycles. The molecule has 0 aliphatic carbocycles. The van der Waals surface area contributed by atoms with Crippen LogP contribution in [-0.2, 0) is 11.2 Å². The Kier molecular flexibility index (Phi) is 7.35. The summed E-state index contributed by atoms with van der Waals surface area (Å²) in [5, 5.41) is 8.44. The second kappa shape index (κ2) is 8.37. The number of nitrogen functional groups attached to an aromatic ring is 1. The maximum atomic E-state index is 10.3. The Morgan fingerprint density at radius 3 is 2.50 bits per heavy atom. The number of unbranched alkanes of at least 4 members (excludes halogenated alkanes) is 1. The summed E-state index contributed by atoms with van der Waals surface area (Å²) in [6.07, 6.45) is 6.91. The van der Waals surface area contributed by atoms with Crippen LogP contribution in [0.1, 0.15) is 25.3 Å². The van der Waals surface area contributed by atoms with E-state index in [4.69, 9.17) is 17.3 Å². The van der Waals surface area contributed by atoms with Crippen LogP contribution in [0.2, 0.25) is 0 Å². The van der Waals surface area contributed by atoms with Crippen molar-refractivity contribution in [2.75, 3.05) is 5.73 Å². The molecule has 1 rings (SSSR count). The molecule has 16 heavy (non-hydrogen) atoms. The molecule has 3 N–H and O–H groups in total. The third kappa shape index (κ3) is 6.50. The summed E-state index contributed by atoms with van der Waals surface area (Å²) in [6.45, 7) is 2.07. The summed E-state index contributed by atoms with van der Waals surface area (Å²) in [6, 6.07) is 6.96. The topological polar surface area (TPSA) is 63.3 Å². The van der Waals surface area contributed by atoms with Crippen LogP contribution in [0.4, 0.5) is 5.69 Å². The lowest BCUT2D eigenvalue weighted by Gasteiger charge is -1.99. The minimum absolute atomic E-state index is 0.00727. The molecular weight excluding hydrogens is 202 g/mol. The minimum atomic E-state index is -0.858. The molecule has 0 saturated carbocycles. The van der Waals surface area contributed by atoms with Crippen LogP contribution in [0.3, 0.4) is 0 Å². The average Bonchev–Trinajstić information content (AvgIpc) is 2.23. The third-order valence-corrected chi connectivity index (χ3v) is 1.79. The number of anilines is 1. The lowest BCUT2D eigenvalue weighted by atomic mass is 10.1. The molecule has 0 heterocycles. The minimum Gasteiger partial charge on any atom is -0.481 e. The zero-order valence-corrected chi connectivity index (χ0v) is 9.44. The van der Waals surface area contributed by atoms with Crippen molar-refractivity contribution < 1.29 is 9.90 Å². The second-order valence-electron chi connectivity index (χ2n) is 3.22. The summed E-state index contributed by atoms with van der Waals surface area (Å²) >= 11 is 0. The number of aliphatic carboxylic acids is 1. The van der Waals surface area contributed by atoms with Gasteiger partial charge in [-0.25, -0.2) is 0 Å². The average molecular weight is 219 g/mol. The first kappa shape index (κ1) is 14.1. The van der Waals surface area contributed by atoms with Gasteiger partial charge in [-0.1, -0.05) is 25.1 Å². The van der Waals surface area contributed by atoms with Crippen molar-refractivity contribution in [1.29, 1.82) is 0 Å². The first-order valence-electron chi connectivity index (χ1n) is 5.10. The van der Waals surface area contributed by atoms with Gasteiger partial charge in [0.2, 0.25) is 0 Å². The van der Waals surface area contributed by atoms with Crippen LogP contribution in [0, 0.1) is 12.3 Å². The van der Waals surface area contributed by atoms with Gasteiger partial charge >= 0.3 is 5.97 Å². The van der Waals surface area contributed by atoms with Crippen molar-refractivity contribution >= 4 is 11.7 Å². The SMILES string of the molecule is C#CCCC.Nc1ccccc1CC(=O)O. The number of carbonyl (C=O) groups is 1. The predicted octanol–water partition coefficient (Wildman–Crippen LogP) is 2.32. The number of carboxylic acid groups (broad SMARTS) is 1. The molecule has 1 aromatic carbocycles. The number of rotatable bonds is 3. The van der Waals surface area contributed by atoms with E-state index in [0.29, 0.717) is 11.3 Å². The normalized spacial score (nSPS) is 8.50. The Morgan fingerprint density at radius 2 is 2.12 bits per heavy atom. The van der Waals surface area contributed by atoms with Gasteiger partial charge in [-0.3, -0.25) is 4.79 Å². The molecule has 0 aromatic heterocycles. The zero-order valence-electron chi connectivity index (χ0n) is 9.44. The molecule has 0 atom stereocenters. The number of para-hydroxylation sites is 1. The molecule has 0 fully saturated rings. The Morgan fingerprint density at radius 1 is 1.50 bits per heavy atom. The van der Waals surface area contributed by atoms with Gasteiger partial charge in [-0.2, -0.15) is 0 Å². The van der Waals surface area contributed by atoms with Crippen molar-refractivity contribution in [2.45, 2.75) is 26.2 Å². The van der Waals surface area contributed by atoms with Crippen molar-refractivity contribution in [3.8, 4) is 12.3 Å². The number of carboxylic acids is 1. The largest absolute Gasteiger partial charge is 0.481 e. The van der Waals surface area contributed by atoms with Gasteiger partial charge in [0.05, 0.1) is 6.42 Å². The molecular formula is C13H17NO2. The number of nitrogens with two attached hydrogens (primary N) is 1. The van der Waals surface area contributed by atoms with E-state index in [9.17, 15) is 4.79 Å². The highest BCUT2D eigenvalue weighted by atomic mass is 16.4. The van der Waals surface area contributed by atoms with E-state index in [2.05, 4.69) is 12.8 Å². The summed E-state index contributed by atoms with van der Waals surface area (Å²) in [5.74, 6) is 1.66. The van der Waals surface area contributed by atoms with Gasteiger partial charge in [0, 0.05) is 12.1 Å². The summed E-state index contributed by atoms with van der Waals surface area (Å²) in [7, 11) is 0. The Labute approximate surface area is 96.3 Å². The molecule has 3 nitrogen and oxygen atoms in total. The molecule has 0 unspecified atom stereocenters. The zero-order chi connectivity index (χ0) is 12.4. The molecule has 0 aliphatic rings. The molecule has 86 valence electrons. The van der Waals surface area contributed by atoms with Gasteiger partial charge in [0.25, 0.3) is 0 Å². The molecule has 0 spiro atoms. The lowest BCUT2D eigenvalue weighted by molar-refractivity contribution is -0.136. The fraction of sp³-hybridized carbons (Fsp3) is 0.308. The van der Waals surface area contributed by atoms with Crippen LogP contribution in [0.5, 0.6) is 0 Å². The summed E-state index contributed by atoms with van der Waals surface area (Å²) in [5.41, 5.74) is 6.71. The Balaban J connectivity index is 0.000000385. The molecule has 0 saturated heterocycles. The predicted molar refractivity (Wildman–Crippen MR) is 65.9 cm³/mol. The number of benzene rings is 1.